The van der Waals surface area contributed by atoms with Crippen LogP contribution in [0.4, 0.5) is 8.78 Å². The van der Waals surface area contributed by atoms with E-state index in [0.717, 1.165) is 48.9 Å². The fraction of sp³-hybridized carbons (Fsp3) is 0.393. The molecule has 1 saturated heterocycles. The van der Waals surface area contributed by atoms with Gasteiger partial charge in [-0.25, -0.2) is 13.8 Å². The highest BCUT2D eigenvalue weighted by molar-refractivity contribution is 5.78. The van der Waals surface area contributed by atoms with Crippen molar-refractivity contribution in [3.05, 3.63) is 77.0 Å². The largest absolute Gasteiger partial charge is 0.272 e. The molecule has 1 atom stereocenters. The third-order valence-electron chi connectivity index (χ3n) is 7.35. The van der Waals surface area contributed by atoms with Crippen LogP contribution in [0.15, 0.2) is 48.7 Å². The van der Waals surface area contributed by atoms with Crippen LogP contribution in [0.1, 0.15) is 54.8 Å². The highest BCUT2D eigenvalue weighted by Crippen LogP contribution is 2.37. The zero-order chi connectivity index (χ0) is 25.2. The van der Waals surface area contributed by atoms with Crippen molar-refractivity contribution in [2.24, 2.45) is 18.9 Å². The van der Waals surface area contributed by atoms with Crippen LogP contribution in [0.3, 0.4) is 0 Å². The first-order valence-corrected chi connectivity index (χ1v) is 12.4. The average Bonchev–Trinajstić information content (AvgIpc) is 3.52. The van der Waals surface area contributed by atoms with Crippen molar-refractivity contribution in [1.29, 1.82) is 5.26 Å². The monoisotopic (exact) mass is 490 g/mol. The molecule has 2 heterocycles. The molecule has 1 aliphatic carbocycles. The molecule has 36 heavy (non-hydrogen) atoms. The van der Waals surface area contributed by atoms with E-state index in [0.29, 0.717) is 24.5 Å². The molecule has 1 aliphatic heterocycles. The molecule has 8 heteroatoms. The van der Waals surface area contributed by atoms with Crippen molar-refractivity contribution in [3.63, 3.8) is 0 Å². The normalized spacial score (nSPS) is 21.9. The third-order valence-corrected chi connectivity index (χ3v) is 7.35. The van der Waals surface area contributed by atoms with E-state index in [1.165, 1.54) is 23.3 Å². The van der Waals surface area contributed by atoms with Crippen molar-refractivity contribution in [1.82, 2.24) is 14.8 Å². The molecule has 1 amide bonds. The van der Waals surface area contributed by atoms with Crippen LogP contribution in [0.2, 0.25) is 0 Å². The second-order valence-corrected chi connectivity index (χ2v) is 9.80. The number of nitriles is 1. The maximum absolute atomic E-state index is 14.4. The second kappa shape index (κ2) is 10.2. The number of halogens is 2. The van der Waals surface area contributed by atoms with Crippen LogP contribution in [0.5, 0.6) is 0 Å². The van der Waals surface area contributed by atoms with Gasteiger partial charge in [0.05, 0.1) is 30.0 Å². The maximum atomic E-state index is 14.4. The van der Waals surface area contributed by atoms with Crippen LogP contribution in [0, 0.1) is 34.8 Å². The molecule has 2 aromatic carbocycles. The number of rotatable bonds is 5. The van der Waals surface area contributed by atoms with E-state index in [4.69, 9.17) is 4.84 Å². The zero-order valence-electron chi connectivity index (χ0n) is 20.2. The first-order valence-electron chi connectivity index (χ1n) is 12.4. The summed E-state index contributed by atoms with van der Waals surface area (Å²) >= 11 is 0. The Bertz CT molecular complexity index is 1310. The predicted octanol–water partition coefficient (Wildman–Crippen LogP) is 5.49. The topological polar surface area (TPSA) is 71.2 Å². The molecule has 3 aromatic rings. The van der Waals surface area contributed by atoms with Crippen LogP contribution in [-0.4, -0.2) is 27.4 Å². The van der Waals surface area contributed by atoms with Crippen molar-refractivity contribution in [2.75, 3.05) is 6.61 Å². The van der Waals surface area contributed by atoms with Crippen molar-refractivity contribution >= 4 is 5.91 Å². The Hall–Kier alpha value is -3.57. The van der Waals surface area contributed by atoms with Gasteiger partial charge in [-0.2, -0.15) is 10.4 Å². The molecular formula is C28H28F2N4O2. The summed E-state index contributed by atoms with van der Waals surface area (Å²) in [5, 5.41) is 14.8. The molecule has 0 N–H and O–H groups in total. The first kappa shape index (κ1) is 24.1. The van der Waals surface area contributed by atoms with E-state index in [-0.39, 0.29) is 23.2 Å². The summed E-state index contributed by atoms with van der Waals surface area (Å²) in [5.41, 5.74) is 3.44. The van der Waals surface area contributed by atoms with Gasteiger partial charge in [0.15, 0.2) is 0 Å². The van der Waals surface area contributed by atoms with Gasteiger partial charge in [-0.1, -0.05) is 0 Å². The average molecular weight is 491 g/mol. The van der Waals surface area contributed by atoms with Crippen LogP contribution < -0.4 is 0 Å². The fourth-order valence-electron chi connectivity index (χ4n) is 5.56. The number of nitrogens with zero attached hydrogens (tertiary/aromatic N) is 4. The predicted molar refractivity (Wildman–Crippen MR) is 129 cm³/mol. The van der Waals surface area contributed by atoms with Crippen LogP contribution in [-0.2, 0) is 23.1 Å². The minimum Gasteiger partial charge on any atom is -0.272 e. The summed E-state index contributed by atoms with van der Waals surface area (Å²) < 4.78 is 30.1. The van der Waals surface area contributed by atoms with Gasteiger partial charge in [0.25, 0.3) is 0 Å². The number of aryl methyl sites for hydroxylation is 1. The Kier molecular flexibility index (Phi) is 6.84. The fourth-order valence-corrected chi connectivity index (χ4v) is 5.56. The number of hydroxylamine groups is 2. The van der Waals surface area contributed by atoms with Gasteiger partial charge in [-0.15, -0.1) is 0 Å². The SMILES string of the molecule is Cn1nccc1-c1cc(F)cc(CC2CCC(C(=O)N3OCC[C@H]3c3cc(F)cc(C#N)c3)CC2)c1. The third kappa shape index (κ3) is 5.02. The minimum absolute atomic E-state index is 0.0806. The van der Waals surface area contributed by atoms with Gasteiger partial charge in [-0.05, 0) is 91.6 Å². The maximum Gasteiger partial charge on any atom is 0.249 e. The molecule has 6 nitrogen and oxygen atoms in total. The smallest absolute Gasteiger partial charge is 0.249 e. The Morgan fingerprint density at radius 1 is 1.08 bits per heavy atom. The first-order chi connectivity index (χ1) is 17.4. The minimum atomic E-state index is -0.493. The zero-order valence-corrected chi connectivity index (χ0v) is 20.2. The van der Waals surface area contributed by atoms with Gasteiger partial charge in [0.1, 0.15) is 11.6 Å². The van der Waals surface area contributed by atoms with Gasteiger partial charge in [0, 0.05) is 31.1 Å². The molecule has 0 bridgehead atoms. The number of hydrogen-bond acceptors (Lipinski definition) is 4. The Balaban J connectivity index is 1.22. The van der Waals surface area contributed by atoms with E-state index < -0.39 is 11.9 Å². The van der Waals surface area contributed by atoms with Crippen LogP contribution in [0.25, 0.3) is 11.3 Å². The van der Waals surface area contributed by atoms with E-state index in [1.807, 2.05) is 25.2 Å². The lowest BCUT2D eigenvalue weighted by Crippen LogP contribution is -2.36. The molecule has 2 fully saturated rings. The number of benzene rings is 2. The quantitative estimate of drug-likeness (QED) is 0.474. The Morgan fingerprint density at radius 2 is 1.86 bits per heavy atom. The number of amides is 1. The van der Waals surface area contributed by atoms with Crippen molar-refractivity contribution in [3.8, 4) is 17.3 Å². The summed E-state index contributed by atoms with van der Waals surface area (Å²) in [4.78, 5) is 19.0. The highest BCUT2D eigenvalue weighted by atomic mass is 19.1. The number of hydrogen-bond donors (Lipinski definition) is 0. The molecule has 0 radical (unpaired) electrons. The van der Waals surface area contributed by atoms with E-state index in [9.17, 15) is 18.8 Å². The van der Waals surface area contributed by atoms with Gasteiger partial charge >= 0.3 is 0 Å². The molecular weight excluding hydrogens is 462 g/mol. The van der Waals surface area contributed by atoms with Gasteiger partial charge < -0.3 is 0 Å². The lowest BCUT2D eigenvalue weighted by molar-refractivity contribution is -0.183. The molecule has 1 saturated carbocycles. The lowest BCUT2D eigenvalue weighted by atomic mass is 9.78. The second-order valence-electron chi connectivity index (χ2n) is 9.80. The number of carbonyl (C=O) groups excluding carboxylic acids is 1. The van der Waals surface area contributed by atoms with Crippen molar-refractivity contribution in [2.45, 2.75) is 44.6 Å². The van der Waals surface area contributed by atoms with E-state index in [1.54, 1.807) is 23.0 Å². The molecule has 186 valence electrons. The number of carbonyl (C=O) groups is 1. The molecule has 0 spiro atoms. The standard InChI is InChI=1S/C28H28F2N4O2/c1-33-26(6-8-32-33)22-11-19(13-24(29)15-22)10-18-2-4-21(5-3-18)28(35)34-27(7-9-36-34)23-12-20(17-31)14-25(30)16-23/h6,8,11-16,18,21,27H,2-5,7,9-10H2,1H3/t18?,21?,27-/m0/s1. The molecule has 5 rings (SSSR count). The van der Waals surface area contributed by atoms with E-state index in [2.05, 4.69) is 5.10 Å². The van der Waals surface area contributed by atoms with E-state index >= 15 is 0 Å². The lowest BCUT2D eigenvalue weighted by Gasteiger charge is -2.32. The van der Waals surface area contributed by atoms with Gasteiger partial charge in [0.2, 0.25) is 5.91 Å². The van der Waals surface area contributed by atoms with Crippen LogP contribution >= 0.6 is 0 Å². The highest BCUT2D eigenvalue weighted by Gasteiger charge is 2.37. The molecule has 0 unspecified atom stereocenters. The van der Waals surface area contributed by atoms with Gasteiger partial charge in [-0.3, -0.25) is 14.3 Å². The Labute approximate surface area is 209 Å². The summed E-state index contributed by atoms with van der Waals surface area (Å²) in [6.07, 6.45) is 6.21. The summed E-state index contributed by atoms with van der Waals surface area (Å²) in [6, 6.07) is 12.8. The number of aromatic nitrogens is 2. The molecule has 1 aromatic heterocycles. The van der Waals surface area contributed by atoms with Crippen molar-refractivity contribution < 1.29 is 18.4 Å². The Morgan fingerprint density at radius 3 is 2.58 bits per heavy atom. The summed E-state index contributed by atoms with van der Waals surface area (Å²) in [6.45, 7) is 0.378. The molecule has 2 aliphatic rings. The summed E-state index contributed by atoms with van der Waals surface area (Å²) in [7, 11) is 1.84. The summed E-state index contributed by atoms with van der Waals surface area (Å²) in [5.74, 6) is -0.632.